The molecule has 1 aliphatic heterocycles. The maximum Gasteiger partial charge on any atom is 0.0623 e. The zero-order valence-corrected chi connectivity index (χ0v) is 10.3. The van der Waals surface area contributed by atoms with Crippen LogP contribution in [-0.2, 0) is 9.47 Å². The quantitative estimate of drug-likeness (QED) is 0.762. The third-order valence-corrected chi connectivity index (χ3v) is 3.65. The predicted octanol–water partition coefficient (Wildman–Crippen LogP) is 1.95. The van der Waals surface area contributed by atoms with E-state index in [0.717, 1.165) is 39.0 Å². The lowest BCUT2D eigenvalue weighted by Gasteiger charge is -2.38. The molecule has 1 fully saturated rings. The predicted molar refractivity (Wildman–Crippen MR) is 61.9 cm³/mol. The smallest absolute Gasteiger partial charge is 0.0623 e. The molecule has 15 heavy (non-hydrogen) atoms. The Morgan fingerprint density at radius 3 is 2.67 bits per heavy atom. The van der Waals surface area contributed by atoms with Crippen molar-refractivity contribution < 1.29 is 9.47 Å². The molecule has 0 aromatic carbocycles. The molecule has 3 nitrogen and oxygen atoms in total. The molecule has 0 aromatic heterocycles. The molecule has 0 radical (unpaired) electrons. The molecule has 90 valence electrons. The van der Waals surface area contributed by atoms with E-state index in [0.29, 0.717) is 0 Å². The molecule has 2 N–H and O–H groups in total. The van der Waals surface area contributed by atoms with Crippen molar-refractivity contribution in [3.63, 3.8) is 0 Å². The minimum atomic E-state index is -0.0420. The van der Waals surface area contributed by atoms with Crippen molar-refractivity contribution in [3.05, 3.63) is 0 Å². The summed E-state index contributed by atoms with van der Waals surface area (Å²) in [6.45, 7) is 6.70. The fraction of sp³-hybridized carbons (Fsp3) is 1.00. The highest BCUT2D eigenvalue weighted by molar-refractivity contribution is 4.85. The Labute approximate surface area is 93.3 Å². The topological polar surface area (TPSA) is 44.5 Å². The van der Waals surface area contributed by atoms with Crippen LogP contribution in [-0.4, -0.2) is 32.5 Å². The summed E-state index contributed by atoms with van der Waals surface area (Å²) < 4.78 is 11.0. The van der Waals surface area contributed by atoms with Crippen LogP contribution in [0.3, 0.4) is 0 Å². The summed E-state index contributed by atoms with van der Waals surface area (Å²) in [5.74, 6) is 0. The summed E-state index contributed by atoms with van der Waals surface area (Å²) in [7, 11) is 1.77. The van der Waals surface area contributed by atoms with Crippen LogP contribution in [0, 0.1) is 5.41 Å². The van der Waals surface area contributed by atoms with Crippen molar-refractivity contribution >= 4 is 0 Å². The van der Waals surface area contributed by atoms with E-state index >= 15 is 0 Å². The monoisotopic (exact) mass is 215 g/mol. The molecular weight excluding hydrogens is 190 g/mol. The van der Waals surface area contributed by atoms with Gasteiger partial charge < -0.3 is 15.2 Å². The van der Waals surface area contributed by atoms with E-state index in [1.165, 1.54) is 6.42 Å². The van der Waals surface area contributed by atoms with Gasteiger partial charge in [-0.3, -0.25) is 0 Å². The fourth-order valence-electron chi connectivity index (χ4n) is 2.04. The van der Waals surface area contributed by atoms with E-state index < -0.39 is 0 Å². The van der Waals surface area contributed by atoms with Crippen molar-refractivity contribution in [2.75, 3.05) is 26.9 Å². The number of nitrogens with two attached hydrogens (primary N) is 1. The van der Waals surface area contributed by atoms with Crippen LogP contribution in [0.5, 0.6) is 0 Å². The Morgan fingerprint density at radius 2 is 2.20 bits per heavy atom. The van der Waals surface area contributed by atoms with Crippen molar-refractivity contribution in [1.82, 2.24) is 0 Å². The van der Waals surface area contributed by atoms with Crippen molar-refractivity contribution in [2.24, 2.45) is 11.1 Å². The molecule has 0 amide bonds. The first-order chi connectivity index (χ1) is 7.04. The van der Waals surface area contributed by atoms with Crippen LogP contribution in [0.4, 0.5) is 0 Å². The van der Waals surface area contributed by atoms with Gasteiger partial charge in [0.2, 0.25) is 0 Å². The summed E-state index contributed by atoms with van der Waals surface area (Å²) in [5.41, 5.74) is 6.05. The van der Waals surface area contributed by atoms with Gasteiger partial charge >= 0.3 is 0 Å². The average molecular weight is 215 g/mol. The first-order valence-corrected chi connectivity index (χ1v) is 5.87. The first-order valence-electron chi connectivity index (χ1n) is 5.87. The molecule has 0 saturated carbocycles. The van der Waals surface area contributed by atoms with E-state index in [4.69, 9.17) is 15.2 Å². The van der Waals surface area contributed by atoms with E-state index in [1.807, 2.05) is 0 Å². The normalized spacial score (nSPS) is 28.0. The van der Waals surface area contributed by atoms with Gasteiger partial charge in [-0.25, -0.2) is 0 Å². The molecule has 3 heteroatoms. The van der Waals surface area contributed by atoms with E-state index in [2.05, 4.69) is 13.8 Å². The van der Waals surface area contributed by atoms with Gasteiger partial charge in [0.25, 0.3) is 0 Å². The molecular formula is C12H25NO2. The van der Waals surface area contributed by atoms with Crippen molar-refractivity contribution in [1.29, 1.82) is 0 Å². The Bertz CT molecular complexity index is 186. The third-order valence-electron chi connectivity index (χ3n) is 3.65. The number of rotatable bonds is 5. The second-order valence-corrected chi connectivity index (χ2v) is 5.32. The molecule has 1 saturated heterocycles. The molecule has 0 aliphatic carbocycles. The van der Waals surface area contributed by atoms with E-state index in [1.54, 1.807) is 7.11 Å². The first kappa shape index (κ1) is 12.9. The fourth-order valence-corrected chi connectivity index (χ4v) is 2.04. The van der Waals surface area contributed by atoms with E-state index in [9.17, 15) is 0 Å². The SMILES string of the molecule is COC(C)(C)CCC1(CN)CCCOC1. The molecule has 0 spiro atoms. The van der Waals surface area contributed by atoms with Gasteiger partial charge in [0.1, 0.15) is 0 Å². The lowest BCUT2D eigenvalue weighted by atomic mass is 9.76. The molecule has 1 atom stereocenters. The van der Waals surface area contributed by atoms with Gasteiger partial charge in [-0.15, -0.1) is 0 Å². The van der Waals surface area contributed by atoms with Gasteiger partial charge in [0.15, 0.2) is 0 Å². The minimum absolute atomic E-state index is 0.0420. The van der Waals surface area contributed by atoms with E-state index in [-0.39, 0.29) is 11.0 Å². The highest BCUT2D eigenvalue weighted by atomic mass is 16.5. The Morgan fingerprint density at radius 1 is 1.47 bits per heavy atom. The number of hydrogen-bond acceptors (Lipinski definition) is 3. The lowest BCUT2D eigenvalue weighted by Crippen LogP contribution is -2.40. The van der Waals surface area contributed by atoms with Gasteiger partial charge in [-0.05, 0) is 39.5 Å². The minimum Gasteiger partial charge on any atom is -0.381 e. The summed E-state index contributed by atoms with van der Waals surface area (Å²) in [6.07, 6.45) is 4.49. The maximum absolute atomic E-state index is 5.89. The van der Waals surface area contributed by atoms with Crippen LogP contribution in [0.15, 0.2) is 0 Å². The average Bonchev–Trinajstić information content (AvgIpc) is 2.28. The molecule has 0 aromatic rings. The second kappa shape index (κ2) is 5.28. The maximum atomic E-state index is 5.89. The van der Waals surface area contributed by atoms with Crippen molar-refractivity contribution in [2.45, 2.75) is 45.1 Å². The van der Waals surface area contributed by atoms with Gasteiger partial charge in [0, 0.05) is 25.7 Å². The van der Waals surface area contributed by atoms with Crippen LogP contribution in [0.1, 0.15) is 39.5 Å². The molecule has 1 heterocycles. The highest BCUT2D eigenvalue weighted by Gasteiger charge is 2.33. The lowest BCUT2D eigenvalue weighted by molar-refractivity contribution is -0.0355. The van der Waals surface area contributed by atoms with Gasteiger partial charge in [0.05, 0.1) is 12.2 Å². The number of hydrogen-bond donors (Lipinski definition) is 1. The van der Waals surface area contributed by atoms with Gasteiger partial charge in [-0.2, -0.15) is 0 Å². The molecule has 1 rings (SSSR count). The van der Waals surface area contributed by atoms with Crippen molar-refractivity contribution in [3.8, 4) is 0 Å². The number of methoxy groups -OCH3 is 1. The summed E-state index contributed by atoms with van der Waals surface area (Å²) >= 11 is 0. The Hall–Kier alpha value is -0.120. The standard InChI is InChI=1S/C12H25NO2/c1-11(2,14-3)6-7-12(9-13)5-4-8-15-10-12/h4-10,13H2,1-3H3. The zero-order valence-electron chi connectivity index (χ0n) is 10.3. The summed E-state index contributed by atoms with van der Waals surface area (Å²) in [6, 6.07) is 0. The largest absolute Gasteiger partial charge is 0.381 e. The highest BCUT2D eigenvalue weighted by Crippen LogP contribution is 2.34. The Kier molecular flexibility index (Phi) is 4.56. The van der Waals surface area contributed by atoms with Crippen LogP contribution in [0.25, 0.3) is 0 Å². The number of ether oxygens (including phenoxy) is 2. The molecule has 0 bridgehead atoms. The summed E-state index contributed by atoms with van der Waals surface area (Å²) in [5, 5.41) is 0. The second-order valence-electron chi connectivity index (χ2n) is 5.32. The third kappa shape index (κ3) is 3.74. The van der Waals surface area contributed by atoms with Gasteiger partial charge in [-0.1, -0.05) is 0 Å². The Balaban J connectivity index is 2.45. The molecule has 1 aliphatic rings. The zero-order chi connectivity index (χ0) is 11.4. The van der Waals surface area contributed by atoms with Crippen LogP contribution < -0.4 is 5.73 Å². The van der Waals surface area contributed by atoms with Crippen LogP contribution in [0.2, 0.25) is 0 Å². The summed E-state index contributed by atoms with van der Waals surface area (Å²) in [4.78, 5) is 0. The molecule has 1 unspecified atom stereocenters. The van der Waals surface area contributed by atoms with Crippen LogP contribution >= 0.6 is 0 Å².